The van der Waals surface area contributed by atoms with E-state index < -0.39 is 0 Å². The largest absolute Gasteiger partial charge is 0.508 e. The molecule has 0 unspecified atom stereocenters. The lowest BCUT2D eigenvalue weighted by Crippen LogP contribution is -2.16. The van der Waals surface area contributed by atoms with E-state index in [4.69, 9.17) is 9.47 Å². The first-order valence-corrected chi connectivity index (χ1v) is 13.8. The van der Waals surface area contributed by atoms with Crippen molar-refractivity contribution in [1.29, 1.82) is 0 Å². The van der Waals surface area contributed by atoms with E-state index in [-0.39, 0.29) is 23.9 Å². The molecule has 8 heteroatoms. The molecule has 0 fully saturated rings. The van der Waals surface area contributed by atoms with Crippen LogP contribution in [0.25, 0.3) is 23.1 Å². The number of fused-ring (bicyclic) bond motifs is 2. The molecule has 2 heterocycles. The number of carbonyl (C=O) groups is 1. The number of H-pyrrole nitrogens is 2. The Morgan fingerprint density at radius 2 is 1.76 bits per heavy atom. The second kappa shape index (κ2) is 10.6. The average Bonchev–Trinajstić information content (AvgIpc) is 3.61. The molecular formula is C34H33N4O4+. The molecule has 6 rings (SSSR count). The van der Waals surface area contributed by atoms with Gasteiger partial charge in [-0.25, -0.2) is 0 Å². The molecule has 1 amide bonds. The maximum absolute atomic E-state index is 13.1. The number of hydrogen-bond acceptors (Lipinski definition) is 5. The van der Waals surface area contributed by atoms with Crippen LogP contribution in [0.2, 0.25) is 0 Å². The number of carbonyl (C=O) groups excluding carboxylic acids is 1. The summed E-state index contributed by atoms with van der Waals surface area (Å²) in [6.45, 7) is 6.27. The van der Waals surface area contributed by atoms with Crippen molar-refractivity contribution in [2.75, 3.05) is 24.1 Å². The quantitative estimate of drug-likeness (QED) is 0.209. The first kappa shape index (κ1) is 27.0. The molecule has 4 aromatic carbocycles. The van der Waals surface area contributed by atoms with Gasteiger partial charge in [0.1, 0.15) is 11.3 Å². The highest BCUT2D eigenvalue weighted by Crippen LogP contribution is 2.34. The summed E-state index contributed by atoms with van der Waals surface area (Å²) in [4.78, 5) is 15.1. The molecule has 1 aliphatic heterocycles. The summed E-state index contributed by atoms with van der Waals surface area (Å²) < 4.78 is 10.9. The highest BCUT2D eigenvalue weighted by atomic mass is 16.7. The van der Waals surface area contributed by atoms with Gasteiger partial charge >= 0.3 is 0 Å². The topological polar surface area (TPSA) is 101 Å². The molecule has 0 radical (unpaired) electrons. The van der Waals surface area contributed by atoms with Crippen molar-refractivity contribution < 1.29 is 24.5 Å². The van der Waals surface area contributed by atoms with E-state index in [1.807, 2.05) is 82.4 Å². The van der Waals surface area contributed by atoms with Gasteiger partial charge in [-0.2, -0.15) is 5.10 Å². The number of phenols is 1. The van der Waals surface area contributed by atoms with Crippen LogP contribution in [-0.2, 0) is 5.41 Å². The second-order valence-electron chi connectivity index (χ2n) is 11.4. The van der Waals surface area contributed by atoms with Crippen LogP contribution in [0.5, 0.6) is 17.2 Å². The van der Waals surface area contributed by atoms with Gasteiger partial charge in [-0.1, -0.05) is 32.9 Å². The third-order valence-corrected chi connectivity index (χ3v) is 7.41. The minimum absolute atomic E-state index is 0.187. The smallest absolute Gasteiger partial charge is 0.255 e. The van der Waals surface area contributed by atoms with Gasteiger partial charge in [0.05, 0.1) is 5.39 Å². The van der Waals surface area contributed by atoms with Crippen LogP contribution in [0.4, 0.5) is 17.1 Å². The van der Waals surface area contributed by atoms with Crippen molar-refractivity contribution in [2.24, 2.45) is 0 Å². The molecule has 8 nitrogen and oxygen atoms in total. The average molecular weight is 562 g/mol. The predicted molar refractivity (Wildman–Crippen MR) is 166 cm³/mol. The summed E-state index contributed by atoms with van der Waals surface area (Å²) >= 11 is 0. The maximum atomic E-state index is 13.1. The zero-order valence-corrected chi connectivity index (χ0v) is 24.0. The van der Waals surface area contributed by atoms with Crippen molar-refractivity contribution in [2.45, 2.75) is 26.2 Å². The Morgan fingerprint density at radius 3 is 2.60 bits per heavy atom. The molecule has 0 bridgehead atoms. The molecule has 212 valence electrons. The fourth-order valence-electron chi connectivity index (χ4n) is 5.03. The minimum Gasteiger partial charge on any atom is -0.508 e. The molecule has 0 saturated heterocycles. The van der Waals surface area contributed by atoms with Crippen LogP contribution in [0.1, 0.15) is 48.0 Å². The first-order valence-electron chi connectivity index (χ1n) is 13.8. The number of aromatic hydroxyl groups is 1. The van der Waals surface area contributed by atoms with Crippen LogP contribution in [0.3, 0.4) is 0 Å². The van der Waals surface area contributed by atoms with Gasteiger partial charge in [0.25, 0.3) is 5.91 Å². The second-order valence-corrected chi connectivity index (χ2v) is 11.4. The predicted octanol–water partition coefficient (Wildman–Crippen LogP) is 6.90. The molecule has 0 spiro atoms. The molecule has 1 aliphatic rings. The molecule has 0 aliphatic carbocycles. The molecule has 0 atom stereocenters. The third kappa shape index (κ3) is 5.39. The van der Waals surface area contributed by atoms with Crippen molar-refractivity contribution in [3.63, 3.8) is 0 Å². The van der Waals surface area contributed by atoms with Gasteiger partial charge < -0.3 is 24.8 Å². The Balaban J connectivity index is 1.18. The molecule has 5 aromatic rings. The number of aromatic nitrogens is 2. The number of hydrogen-bond donors (Lipinski definition) is 3. The lowest BCUT2D eigenvalue weighted by Gasteiger charge is -2.21. The maximum Gasteiger partial charge on any atom is 0.255 e. The zero-order valence-electron chi connectivity index (χ0n) is 24.0. The normalized spacial score (nSPS) is 12.7. The van der Waals surface area contributed by atoms with E-state index in [0.717, 1.165) is 50.6 Å². The van der Waals surface area contributed by atoms with E-state index in [0.29, 0.717) is 11.3 Å². The number of rotatable bonds is 6. The van der Waals surface area contributed by atoms with Gasteiger partial charge in [-0.05, 0) is 83.8 Å². The number of nitrogens with one attached hydrogen (secondary N) is 3. The van der Waals surface area contributed by atoms with Crippen LogP contribution >= 0.6 is 0 Å². The molecule has 4 N–H and O–H groups in total. The highest BCUT2D eigenvalue weighted by molar-refractivity contribution is 6.04. The monoisotopic (exact) mass is 561 g/mol. The van der Waals surface area contributed by atoms with Crippen LogP contribution < -0.4 is 24.8 Å². The zero-order chi connectivity index (χ0) is 29.4. The summed E-state index contributed by atoms with van der Waals surface area (Å²) in [6, 6.07) is 24.8. The van der Waals surface area contributed by atoms with Gasteiger partial charge in [0, 0.05) is 41.3 Å². The van der Waals surface area contributed by atoms with Gasteiger partial charge in [-0.15, -0.1) is 5.10 Å². The van der Waals surface area contributed by atoms with Crippen LogP contribution in [0, 0.1) is 0 Å². The Bertz CT molecular complexity index is 1830. The van der Waals surface area contributed by atoms with E-state index >= 15 is 0 Å². The first-order chi connectivity index (χ1) is 20.2. The number of ether oxygens (including phenoxy) is 2. The molecule has 42 heavy (non-hydrogen) atoms. The number of nitrogens with zero attached hydrogens (tertiary/aromatic N) is 1. The van der Waals surface area contributed by atoms with Crippen molar-refractivity contribution in [3.05, 3.63) is 101 Å². The number of amides is 1. The lowest BCUT2D eigenvalue weighted by molar-refractivity contribution is -0.448. The standard InChI is InChI=1S/C34H32N4O4/c1-34(2,3)27-17-22(10-14-30(27)39)33(40)35-23-6-5-7-24(18-23)38(4)25-11-12-26-28(36-37-29(26)19-25)13-8-21-9-15-31-32(16-21)42-20-41-31/h5-19,39H,20H2,1-4H3,(H,35,40)(H,36,37)/p+1/b13-8+. The van der Waals surface area contributed by atoms with E-state index in [2.05, 4.69) is 38.6 Å². The fraction of sp³-hybridized carbons (Fsp3) is 0.176. The van der Waals surface area contributed by atoms with E-state index in [1.165, 1.54) is 0 Å². The number of benzene rings is 4. The van der Waals surface area contributed by atoms with E-state index in [9.17, 15) is 9.90 Å². The lowest BCUT2D eigenvalue weighted by atomic mass is 9.85. The van der Waals surface area contributed by atoms with E-state index in [1.54, 1.807) is 18.2 Å². The van der Waals surface area contributed by atoms with Crippen LogP contribution in [0.15, 0.2) is 78.9 Å². The number of aromatic amines is 2. The van der Waals surface area contributed by atoms with Crippen LogP contribution in [-0.4, -0.2) is 30.0 Å². The Hall–Kier alpha value is -5.24. The minimum atomic E-state index is -0.287. The number of phenolic OH excluding ortho intramolecular Hbond substituents is 1. The summed E-state index contributed by atoms with van der Waals surface area (Å²) in [6.07, 6.45) is 4.06. The Labute approximate surface area is 244 Å². The van der Waals surface area contributed by atoms with Crippen molar-refractivity contribution in [1.82, 2.24) is 5.10 Å². The Morgan fingerprint density at radius 1 is 0.952 bits per heavy atom. The summed E-state index contributed by atoms with van der Waals surface area (Å²) in [7, 11) is 1.99. The van der Waals surface area contributed by atoms with Gasteiger partial charge in [-0.3, -0.25) is 4.79 Å². The SMILES string of the molecule is CN(c1cccc(NC(=O)c2ccc(O)c(C(C)(C)C)c2)c1)c1ccc2c(/C=C/c3ccc4c(c3)OCO4)[nH+][nH]c2c1. The van der Waals surface area contributed by atoms with Crippen molar-refractivity contribution in [3.8, 4) is 17.2 Å². The van der Waals surface area contributed by atoms with Gasteiger partial charge in [0.15, 0.2) is 11.5 Å². The molecule has 0 saturated carbocycles. The van der Waals surface area contributed by atoms with Gasteiger partial charge in [0.2, 0.25) is 12.5 Å². The summed E-state index contributed by atoms with van der Waals surface area (Å²) in [5.41, 5.74) is 6.48. The Kier molecular flexibility index (Phi) is 6.82. The summed E-state index contributed by atoms with van der Waals surface area (Å²) in [5, 5.41) is 20.8. The summed E-state index contributed by atoms with van der Waals surface area (Å²) in [5.74, 6) is 1.48. The molecular weight excluding hydrogens is 528 g/mol. The highest BCUT2D eigenvalue weighted by Gasteiger charge is 2.20. The third-order valence-electron chi connectivity index (χ3n) is 7.41. The van der Waals surface area contributed by atoms with Crippen molar-refractivity contribution >= 4 is 46.0 Å². The molecule has 1 aromatic heterocycles. The fourth-order valence-corrected chi connectivity index (χ4v) is 5.03. The number of anilines is 3.